The maximum Gasteiger partial charge on any atom is 0.194 e. The first kappa shape index (κ1) is 19.0. The first-order valence-corrected chi connectivity index (χ1v) is 8.21. The molecule has 0 aliphatic carbocycles. The summed E-state index contributed by atoms with van der Waals surface area (Å²) in [5.41, 5.74) is -0.157. The lowest BCUT2D eigenvalue weighted by molar-refractivity contribution is 0.0487. The molecule has 0 heterocycles. The van der Waals surface area contributed by atoms with E-state index in [2.05, 4.69) is 0 Å². The summed E-state index contributed by atoms with van der Waals surface area (Å²) in [7, 11) is 0. The predicted molar refractivity (Wildman–Crippen MR) is 96.9 cm³/mol. The molecule has 4 nitrogen and oxygen atoms in total. The molecule has 0 bridgehead atoms. The van der Waals surface area contributed by atoms with E-state index in [-0.39, 0.29) is 11.6 Å². The maximum absolute atomic E-state index is 12.4. The average molecular weight is 340 g/mol. The lowest BCUT2D eigenvalue weighted by atomic mass is 9.90. The van der Waals surface area contributed by atoms with E-state index in [1.165, 1.54) is 27.7 Å². The van der Waals surface area contributed by atoms with Crippen molar-refractivity contribution in [3.63, 3.8) is 0 Å². The minimum absolute atomic E-state index is 0.322. The van der Waals surface area contributed by atoms with Gasteiger partial charge in [-0.2, -0.15) is 0 Å². The van der Waals surface area contributed by atoms with Gasteiger partial charge in [0.15, 0.2) is 11.6 Å². The van der Waals surface area contributed by atoms with E-state index in [4.69, 9.17) is 0 Å². The van der Waals surface area contributed by atoms with E-state index in [0.717, 1.165) is 11.1 Å². The Morgan fingerprint density at radius 3 is 1.84 bits per heavy atom. The van der Waals surface area contributed by atoms with Crippen LogP contribution in [0.5, 0.6) is 0 Å². The number of carbonyl (C=O) groups excluding carboxylic acids is 2. The number of benzene rings is 2. The Kier molecular flexibility index (Phi) is 5.26. The fraction of sp³-hybridized carbons (Fsp3) is 0.333. The average Bonchev–Trinajstić information content (AvgIpc) is 2.53. The highest BCUT2D eigenvalue weighted by atomic mass is 16.3. The van der Waals surface area contributed by atoms with Crippen LogP contribution in [0.15, 0.2) is 48.5 Å². The summed E-state index contributed by atoms with van der Waals surface area (Å²) < 4.78 is 0. The van der Waals surface area contributed by atoms with Gasteiger partial charge in [0.25, 0.3) is 0 Å². The second kappa shape index (κ2) is 6.90. The molecule has 0 amide bonds. The summed E-state index contributed by atoms with van der Waals surface area (Å²) >= 11 is 0. The lowest BCUT2D eigenvalue weighted by Crippen LogP contribution is -2.31. The van der Waals surface area contributed by atoms with Crippen LogP contribution in [-0.2, 0) is 6.42 Å². The normalized spacial score (nSPS) is 12.1. The van der Waals surface area contributed by atoms with Gasteiger partial charge in [-0.1, -0.05) is 48.5 Å². The zero-order valence-electron chi connectivity index (χ0n) is 15.0. The molecule has 0 fully saturated rings. The highest BCUT2D eigenvalue weighted by Gasteiger charge is 2.27. The van der Waals surface area contributed by atoms with Gasteiger partial charge < -0.3 is 10.2 Å². The zero-order valence-corrected chi connectivity index (χ0v) is 15.0. The van der Waals surface area contributed by atoms with Crippen molar-refractivity contribution in [1.29, 1.82) is 0 Å². The molecule has 0 aliphatic heterocycles. The topological polar surface area (TPSA) is 74.6 Å². The van der Waals surface area contributed by atoms with Gasteiger partial charge in [-0.15, -0.1) is 0 Å². The third kappa shape index (κ3) is 4.62. The summed E-state index contributed by atoms with van der Waals surface area (Å²) in [4.78, 5) is 24.5. The minimum Gasteiger partial charge on any atom is -0.382 e. The van der Waals surface area contributed by atoms with Crippen LogP contribution in [0.25, 0.3) is 0 Å². The Morgan fingerprint density at radius 1 is 0.800 bits per heavy atom. The Bertz CT molecular complexity index is 775. The number of hydrogen-bond donors (Lipinski definition) is 2. The summed E-state index contributed by atoms with van der Waals surface area (Å²) in [6, 6.07) is 14.2. The molecule has 25 heavy (non-hydrogen) atoms. The van der Waals surface area contributed by atoms with Crippen LogP contribution in [0.1, 0.15) is 59.5 Å². The van der Waals surface area contributed by atoms with Crippen LogP contribution < -0.4 is 0 Å². The van der Waals surface area contributed by atoms with E-state index in [1.54, 1.807) is 24.3 Å². The van der Waals surface area contributed by atoms with Gasteiger partial charge in [0.1, 0.15) is 11.2 Å². The molecule has 0 saturated heterocycles. The van der Waals surface area contributed by atoms with Crippen molar-refractivity contribution in [3.05, 3.63) is 70.8 Å². The molecule has 0 saturated carbocycles. The van der Waals surface area contributed by atoms with Crippen molar-refractivity contribution >= 4 is 11.6 Å². The quantitative estimate of drug-likeness (QED) is 0.792. The second-order valence-corrected chi connectivity index (χ2v) is 7.31. The van der Waals surface area contributed by atoms with Crippen LogP contribution in [0, 0.1) is 0 Å². The fourth-order valence-corrected chi connectivity index (χ4v) is 2.57. The molecule has 2 aromatic carbocycles. The smallest absolute Gasteiger partial charge is 0.194 e. The molecular weight excluding hydrogens is 316 g/mol. The number of ketones is 2. The van der Waals surface area contributed by atoms with Crippen LogP contribution in [0.2, 0.25) is 0 Å². The highest BCUT2D eigenvalue weighted by molar-refractivity contribution is 6.03. The van der Waals surface area contributed by atoms with Gasteiger partial charge in [0.05, 0.1) is 0 Å². The Labute approximate surface area is 148 Å². The molecule has 2 N–H and O–H groups in total. The molecular formula is C21H24O4. The Hall–Kier alpha value is -2.30. The molecule has 0 unspecified atom stereocenters. The number of carbonyl (C=O) groups is 2. The van der Waals surface area contributed by atoms with Gasteiger partial charge in [0.2, 0.25) is 0 Å². The third-order valence-corrected chi connectivity index (χ3v) is 3.98. The molecule has 132 valence electrons. The molecule has 0 aliphatic rings. The summed E-state index contributed by atoms with van der Waals surface area (Å²) in [5.74, 6) is -0.659. The van der Waals surface area contributed by atoms with Crippen molar-refractivity contribution in [2.24, 2.45) is 0 Å². The van der Waals surface area contributed by atoms with E-state index in [1.807, 2.05) is 24.3 Å². The Morgan fingerprint density at radius 2 is 1.32 bits per heavy atom. The van der Waals surface area contributed by atoms with Gasteiger partial charge in [-0.05, 0) is 45.2 Å². The SMILES string of the molecule is CC(C)(O)C(=O)c1ccc(Cc2ccccc2C(=O)C(C)(C)O)cc1. The van der Waals surface area contributed by atoms with Crippen LogP contribution >= 0.6 is 0 Å². The van der Waals surface area contributed by atoms with Crippen LogP contribution in [0.3, 0.4) is 0 Å². The van der Waals surface area contributed by atoms with E-state index in [9.17, 15) is 19.8 Å². The second-order valence-electron chi connectivity index (χ2n) is 7.31. The van der Waals surface area contributed by atoms with Gasteiger partial charge in [0, 0.05) is 11.1 Å². The zero-order chi connectivity index (χ0) is 18.8. The third-order valence-electron chi connectivity index (χ3n) is 3.98. The van der Waals surface area contributed by atoms with E-state index in [0.29, 0.717) is 17.5 Å². The summed E-state index contributed by atoms with van der Waals surface area (Å²) in [6.07, 6.45) is 0.509. The molecule has 4 heteroatoms. The lowest BCUT2D eigenvalue weighted by Gasteiger charge is -2.18. The largest absolute Gasteiger partial charge is 0.382 e. The molecule has 0 spiro atoms. The maximum atomic E-state index is 12.4. The first-order chi connectivity index (χ1) is 11.5. The molecule has 2 aromatic rings. The van der Waals surface area contributed by atoms with E-state index < -0.39 is 11.2 Å². The predicted octanol–water partition coefficient (Wildman–Crippen LogP) is 3.18. The molecule has 0 radical (unpaired) electrons. The van der Waals surface area contributed by atoms with Crippen molar-refractivity contribution in [2.45, 2.75) is 45.3 Å². The van der Waals surface area contributed by atoms with Crippen molar-refractivity contribution in [1.82, 2.24) is 0 Å². The first-order valence-electron chi connectivity index (χ1n) is 8.21. The van der Waals surface area contributed by atoms with Gasteiger partial charge in [-0.25, -0.2) is 0 Å². The molecule has 0 aromatic heterocycles. The molecule has 2 rings (SSSR count). The minimum atomic E-state index is -1.43. The van der Waals surface area contributed by atoms with Crippen molar-refractivity contribution in [2.75, 3.05) is 0 Å². The van der Waals surface area contributed by atoms with Crippen LogP contribution in [0.4, 0.5) is 0 Å². The standard InChI is InChI=1S/C21H24O4/c1-20(2,24)18(22)15-11-9-14(10-12-15)13-16-7-5-6-8-17(16)19(23)21(3,4)25/h5-12,24-25H,13H2,1-4H3. The molecule has 0 atom stereocenters. The number of Topliss-reactive ketones (excluding diaryl/α,β-unsaturated/α-hetero) is 2. The number of aliphatic hydroxyl groups is 2. The summed E-state index contributed by atoms with van der Waals surface area (Å²) in [5, 5.41) is 19.8. The number of hydrogen-bond acceptors (Lipinski definition) is 4. The number of rotatable bonds is 6. The fourth-order valence-electron chi connectivity index (χ4n) is 2.57. The van der Waals surface area contributed by atoms with Gasteiger partial charge >= 0.3 is 0 Å². The highest BCUT2D eigenvalue weighted by Crippen LogP contribution is 2.21. The van der Waals surface area contributed by atoms with Crippen molar-refractivity contribution < 1.29 is 19.8 Å². The van der Waals surface area contributed by atoms with E-state index >= 15 is 0 Å². The van der Waals surface area contributed by atoms with Crippen molar-refractivity contribution in [3.8, 4) is 0 Å². The van der Waals surface area contributed by atoms with Crippen LogP contribution in [-0.4, -0.2) is 33.0 Å². The van der Waals surface area contributed by atoms with Gasteiger partial charge in [-0.3, -0.25) is 9.59 Å². The monoisotopic (exact) mass is 340 g/mol. The summed E-state index contributed by atoms with van der Waals surface area (Å²) in [6.45, 7) is 5.87. The Balaban J connectivity index is 2.27.